The maximum absolute atomic E-state index is 15.2. The van der Waals surface area contributed by atoms with Crippen LogP contribution in [0.15, 0.2) is 30.5 Å². The topological polar surface area (TPSA) is 75.5 Å². The van der Waals surface area contributed by atoms with E-state index in [1.165, 1.54) is 12.1 Å². The monoisotopic (exact) mass is 546 g/mol. The Labute approximate surface area is 223 Å². The highest BCUT2D eigenvalue weighted by atomic mass is 32.1. The molecular weight excluding hydrogens is 520 g/mol. The highest BCUT2D eigenvalue weighted by molar-refractivity contribution is 7.81. The number of hydrogen-bond donors (Lipinski definition) is 1. The predicted octanol–water partition coefficient (Wildman–Crippen LogP) is 4.36. The number of halogens is 4. The molecule has 2 aromatic rings. The van der Waals surface area contributed by atoms with E-state index in [4.69, 9.17) is 17.5 Å². The minimum atomic E-state index is -4.84. The Hall–Kier alpha value is -3.14. The quantitative estimate of drug-likeness (QED) is 0.441. The van der Waals surface area contributed by atoms with Crippen LogP contribution in [0.1, 0.15) is 48.9 Å². The third kappa shape index (κ3) is 4.52. The predicted molar refractivity (Wildman–Crippen MR) is 137 cm³/mol. The van der Waals surface area contributed by atoms with Gasteiger partial charge in [-0.15, -0.1) is 0 Å². The summed E-state index contributed by atoms with van der Waals surface area (Å²) in [7, 11) is 2.07. The smallest absolute Gasteiger partial charge is 0.310 e. The van der Waals surface area contributed by atoms with Crippen molar-refractivity contribution in [2.75, 3.05) is 29.9 Å². The first-order chi connectivity index (χ1) is 18.0. The number of piperidine rings is 1. The molecule has 3 aliphatic rings. The number of nitrogens with zero attached hydrogens (tertiary/aromatic N) is 5. The summed E-state index contributed by atoms with van der Waals surface area (Å²) in [5.74, 6) is -0.938. The molecule has 0 radical (unpaired) electrons. The van der Waals surface area contributed by atoms with Crippen LogP contribution in [-0.4, -0.2) is 52.6 Å². The Morgan fingerprint density at radius 2 is 1.92 bits per heavy atom. The third-order valence-electron chi connectivity index (χ3n) is 7.73. The van der Waals surface area contributed by atoms with E-state index >= 15 is 4.39 Å². The maximum Gasteiger partial charge on any atom is 0.419 e. The Kier molecular flexibility index (Phi) is 6.87. The van der Waals surface area contributed by atoms with Gasteiger partial charge >= 0.3 is 6.18 Å². The summed E-state index contributed by atoms with van der Waals surface area (Å²) in [6.07, 6.45) is -0.255. The first-order valence-electron chi connectivity index (χ1n) is 12.4. The van der Waals surface area contributed by atoms with Crippen LogP contribution in [0.4, 0.5) is 28.9 Å². The molecule has 1 saturated carbocycles. The van der Waals surface area contributed by atoms with Crippen LogP contribution < -0.4 is 15.1 Å². The van der Waals surface area contributed by atoms with Gasteiger partial charge in [-0.2, -0.15) is 18.4 Å². The fourth-order valence-corrected chi connectivity index (χ4v) is 5.84. The minimum absolute atomic E-state index is 0.0501. The van der Waals surface area contributed by atoms with Gasteiger partial charge in [0.2, 0.25) is 0 Å². The van der Waals surface area contributed by atoms with Gasteiger partial charge in [-0.1, -0.05) is 6.07 Å². The number of benzene rings is 1. The minimum Gasteiger partial charge on any atom is -0.310 e. The molecule has 1 aromatic carbocycles. The molecule has 1 aromatic heterocycles. The number of alkyl halides is 3. The van der Waals surface area contributed by atoms with Crippen molar-refractivity contribution in [3.05, 3.63) is 53.1 Å². The fourth-order valence-electron chi connectivity index (χ4n) is 5.37. The van der Waals surface area contributed by atoms with Crippen molar-refractivity contribution >= 4 is 34.6 Å². The molecule has 7 nitrogen and oxygen atoms in total. The molecule has 1 spiro atoms. The lowest BCUT2D eigenvalue weighted by atomic mass is 9.75. The lowest BCUT2D eigenvalue weighted by Crippen LogP contribution is -2.55. The second-order valence-corrected chi connectivity index (χ2v) is 10.4. The number of nitriles is 1. The van der Waals surface area contributed by atoms with E-state index in [2.05, 4.69) is 22.2 Å². The van der Waals surface area contributed by atoms with E-state index in [1.807, 2.05) is 0 Å². The third-order valence-corrected chi connectivity index (χ3v) is 8.10. The average molecular weight is 547 g/mol. The van der Waals surface area contributed by atoms with Gasteiger partial charge in [0.1, 0.15) is 17.4 Å². The number of amides is 1. The molecule has 0 bridgehead atoms. The summed E-state index contributed by atoms with van der Waals surface area (Å²) < 4.78 is 55.9. The largest absolute Gasteiger partial charge is 0.419 e. The molecule has 0 atom stereocenters. The van der Waals surface area contributed by atoms with Gasteiger partial charge in [-0.3, -0.25) is 9.69 Å². The molecule has 2 saturated heterocycles. The van der Waals surface area contributed by atoms with Crippen LogP contribution in [0.25, 0.3) is 0 Å². The average Bonchev–Trinajstić information content (AvgIpc) is 3.10. The Morgan fingerprint density at radius 3 is 2.50 bits per heavy atom. The standard InChI is InChI=1S/C26H26F4N6OS/c1-34-9-5-17(6-10-34)32-14-16-3-4-18(12-21(16)27)36-24(38)35(23(37)25(36)7-2-8-25)19-11-20(26(28,29)30)22(13-31)33-15-19/h3-4,11-12,15,17,32H,2,5-10,14H2,1H3. The second kappa shape index (κ2) is 9.87. The van der Waals surface area contributed by atoms with E-state index in [1.54, 1.807) is 17.0 Å². The maximum atomic E-state index is 15.2. The Bertz CT molecular complexity index is 1310. The van der Waals surface area contributed by atoms with Gasteiger partial charge < -0.3 is 15.1 Å². The normalized spacial score (nSPS) is 20.2. The molecule has 3 heterocycles. The zero-order chi connectivity index (χ0) is 27.2. The lowest BCUT2D eigenvalue weighted by molar-refractivity contribution is -0.138. The fraction of sp³-hybridized carbons (Fsp3) is 0.462. The molecule has 0 unspecified atom stereocenters. The number of thiocarbonyl (C=S) groups is 1. The summed E-state index contributed by atoms with van der Waals surface area (Å²) >= 11 is 5.59. The molecule has 1 aliphatic carbocycles. The molecule has 3 fully saturated rings. The Morgan fingerprint density at radius 1 is 1.21 bits per heavy atom. The van der Waals surface area contributed by atoms with Crippen LogP contribution in [0.3, 0.4) is 0 Å². The SMILES string of the molecule is CN1CCC(NCc2ccc(N3C(=S)N(c4cnc(C#N)c(C(F)(F)F)c4)C(=O)C34CCC4)cc2F)CC1. The Balaban J connectivity index is 1.42. The van der Waals surface area contributed by atoms with E-state index < -0.39 is 34.7 Å². The van der Waals surface area contributed by atoms with Crippen LogP contribution in [0.5, 0.6) is 0 Å². The summed E-state index contributed by atoms with van der Waals surface area (Å²) in [5.41, 5.74) is -2.47. The lowest BCUT2D eigenvalue weighted by Gasteiger charge is -2.43. The van der Waals surface area contributed by atoms with Crippen molar-refractivity contribution in [2.45, 2.75) is 56.4 Å². The molecule has 38 heavy (non-hydrogen) atoms. The number of hydrogen-bond acceptors (Lipinski definition) is 6. The summed E-state index contributed by atoms with van der Waals surface area (Å²) in [6, 6.07) is 7.12. The van der Waals surface area contributed by atoms with E-state index in [9.17, 15) is 18.0 Å². The molecule has 1 N–H and O–H groups in total. The van der Waals surface area contributed by atoms with Crippen molar-refractivity contribution in [3.63, 3.8) is 0 Å². The number of pyridine rings is 1. The van der Waals surface area contributed by atoms with Gasteiger partial charge in [-0.05, 0) is 82.7 Å². The van der Waals surface area contributed by atoms with Crippen molar-refractivity contribution < 1.29 is 22.4 Å². The van der Waals surface area contributed by atoms with Crippen molar-refractivity contribution in [1.82, 2.24) is 15.2 Å². The van der Waals surface area contributed by atoms with Crippen LogP contribution in [0, 0.1) is 17.1 Å². The molecular formula is C26H26F4N6OS. The van der Waals surface area contributed by atoms with Crippen molar-refractivity contribution in [1.29, 1.82) is 5.26 Å². The van der Waals surface area contributed by atoms with Gasteiger partial charge in [0.15, 0.2) is 10.8 Å². The van der Waals surface area contributed by atoms with Gasteiger partial charge in [-0.25, -0.2) is 9.37 Å². The van der Waals surface area contributed by atoms with Gasteiger partial charge in [0, 0.05) is 23.8 Å². The number of carbonyl (C=O) groups excluding carboxylic acids is 1. The summed E-state index contributed by atoms with van der Waals surface area (Å²) in [5, 5.41) is 12.4. The summed E-state index contributed by atoms with van der Waals surface area (Å²) in [6.45, 7) is 2.33. The van der Waals surface area contributed by atoms with Crippen LogP contribution >= 0.6 is 12.2 Å². The van der Waals surface area contributed by atoms with Gasteiger partial charge in [0.05, 0.1) is 17.4 Å². The van der Waals surface area contributed by atoms with E-state index in [0.29, 0.717) is 42.7 Å². The number of nitrogens with one attached hydrogen (secondary N) is 1. The number of likely N-dealkylation sites (tertiary alicyclic amines) is 1. The molecule has 12 heteroatoms. The molecule has 5 rings (SSSR count). The van der Waals surface area contributed by atoms with Crippen LogP contribution in [0.2, 0.25) is 0 Å². The second-order valence-electron chi connectivity index (χ2n) is 10.1. The zero-order valence-electron chi connectivity index (χ0n) is 20.7. The number of carbonyl (C=O) groups is 1. The zero-order valence-corrected chi connectivity index (χ0v) is 21.5. The number of rotatable bonds is 5. The van der Waals surface area contributed by atoms with Crippen LogP contribution in [-0.2, 0) is 17.5 Å². The number of aromatic nitrogens is 1. The van der Waals surface area contributed by atoms with E-state index in [0.717, 1.165) is 43.4 Å². The summed E-state index contributed by atoms with van der Waals surface area (Å²) in [4.78, 5) is 22.0. The highest BCUT2D eigenvalue weighted by Gasteiger charge is 2.59. The molecule has 1 amide bonds. The number of anilines is 2. The van der Waals surface area contributed by atoms with E-state index in [-0.39, 0.29) is 10.8 Å². The molecule has 2 aliphatic heterocycles. The first kappa shape index (κ1) is 26.5. The molecule has 200 valence electrons. The first-order valence-corrected chi connectivity index (χ1v) is 12.8. The highest BCUT2D eigenvalue weighted by Crippen LogP contribution is 2.48. The van der Waals surface area contributed by atoms with Crippen molar-refractivity contribution in [3.8, 4) is 6.07 Å². The van der Waals surface area contributed by atoms with Gasteiger partial charge in [0.25, 0.3) is 5.91 Å². The van der Waals surface area contributed by atoms with Crippen molar-refractivity contribution in [2.24, 2.45) is 0 Å².